The number of anilines is 2. The van der Waals surface area contributed by atoms with Crippen molar-refractivity contribution >= 4 is 23.4 Å². The van der Waals surface area contributed by atoms with Gasteiger partial charge in [0.1, 0.15) is 11.6 Å². The van der Waals surface area contributed by atoms with Crippen molar-refractivity contribution in [1.29, 1.82) is 0 Å². The molecule has 6 heteroatoms. The van der Waals surface area contributed by atoms with Gasteiger partial charge in [0.25, 0.3) is 5.91 Å². The lowest BCUT2D eigenvalue weighted by atomic mass is 10.2. The van der Waals surface area contributed by atoms with Gasteiger partial charge in [-0.2, -0.15) is 0 Å². The van der Waals surface area contributed by atoms with Crippen LogP contribution >= 0.6 is 0 Å². The third-order valence-corrected chi connectivity index (χ3v) is 4.48. The first kappa shape index (κ1) is 17.6. The van der Waals surface area contributed by atoms with E-state index < -0.39 is 17.7 Å². The molecule has 0 saturated heterocycles. The Morgan fingerprint density at radius 1 is 1.24 bits per heavy atom. The fraction of sp³-hybridized carbons (Fsp3) is 0.579. The van der Waals surface area contributed by atoms with E-state index >= 15 is 0 Å². The number of hydrogen-bond donors (Lipinski definition) is 1. The first-order valence-corrected chi connectivity index (χ1v) is 8.85. The fourth-order valence-corrected chi connectivity index (χ4v) is 3.11. The second-order valence-corrected chi connectivity index (χ2v) is 7.93. The zero-order valence-corrected chi connectivity index (χ0v) is 15.4. The summed E-state index contributed by atoms with van der Waals surface area (Å²) < 4.78 is 5.33. The van der Waals surface area contributed by atoms with E-state index in [2.05, 4.69) is 10.2 Å². The largest absolute Gasteiger partial charge is 0.444 e. The summed E-state index contributed by atoms with van der Waals surface area (Å²) in [5.74, 6) is 0.547. The van der Waals surface area contributed by atoms with E-state index in [9.17, 15) is 9.59 Å². The molecule has 0 spiro atoms. The molecule has 0 unspecified atom stereocenters. The van der Waals surface area contributed by atoms with Crippen LogP contribution in [-0.2, 0) is 9.53 Å². The number of likely N-dealkylation sites (N-methyl/N-ethyl adjacent to an activating group) is 1. The molecule has 6 nitrogen and oxygen atoms in total. The molecule has 2 aliphatic rings. The van der Waals surface area contributed by atoms with Crippen LogP contribution in [0.15, 0.2) is 24.3 Å². The van der Waals surface area contributed by atoms with E-state index in [1.54, 1.807) is 11.9 Å². The van der Waals surface area contributed by atoms with Gasteiger partial charge in [0, 0.05) is 20.1 Å². The first-order chi connectivity index (χ1) is 11.7. The standard InChI is InChI=1S/C19H27N3O3/c1-19(2,3)25-18(24)20-14-12-22(11-13-9-10-13)16-8-6-5-7-15(16)21(4)17(14)23/h5-8,13-14H,9-12H2,1-4H3,(H,20,24)/t14-/m0/s1. The number of rotatable bonds is 3. The first-order valence-electron chi connectivity index (χ1n) is 8.85. The number of para-hydroxylation sites is 2. The molecule has 1 aromatic carbocycles. The minimum atomic E-state index is -0.633. The van der Waals surface area contributed by atoms with Crippen molar-refractivity contribution in [3.8, 4) is 0 Å². The topological polar surface area (TPSA) is 61.9 Å². The Labute approximate surface area is 149 Å². The van der Waals surface area contributed by atoms with Gasteiger partial charge in [-0.25, -0.2) is 4.79 Å². The highest BCUT2D eigenvalue weighted by atomic mass is 16.6. The number of carbonyl (C=O) groups excluding carboxylic acids is 2. The molecular weight excluding hydrogens is 318 g/mol. The Morgan fingerprint density at radius 2 is 1.88 bits per heavy atom. The predicted octanol–water partition coefficient (Wildman–Crippen LogP) is 2.77. The van der Waals surface area contributed by atoms with Crippen molar-refractivity contribution < 1.29 is 14.3 Å². The Morgan fingerprint density at radius 3 is 2.48 bits per heavy atom. The molecule has 2 amide bonds. The molecule has 1 heterocycles. The van der Waals surface area contributed by atoms with Crippen molar-refractivity contribution in [2.45, 2.75) is 45.3 Å². The van der Waals surface area contributed by atoms with E-state index in [-0.39, 0.29) is 5.91 Å². The molecule has 1 aliphatic carbocycles. The monoisotopic (exact) mass is 345 g/mol. The predicted molar refractivity (Wildman–Crippen MR) is 97.9 cm³/mol. The van der Waals surface area contributed by atoms with Crippen LogP contribution < -0.4 is 15.1 Å². The summed E-state index contributed by atoms with van der Waals surface area (Å²) in [6.45, 7) is 6.79. The number of amides is 2. The molecular formula is C19H27N3O3. The van der Waals surface area contributed by atoms with Crippen molar-refractivity contribution in [3.63, 3.8) is 0 Å². The smallest absolute Gasteiger partial charge is 0.408 e. The normalized spacial score (nSPS) is 20.8. The van der Waals surface area contributed by atoms with Crippen LogP contribution in [0.1, 0.15) is 33.6 Å². The number of nitrogens with zero attached hydrogens (tertiary/aromatic N) is 2. The maximum atomic E-state index is 12.9. The lowest BCUT2D eigenvalue weighted by molar-refractivity contribution is -0.120. The lowest BCUT2D eigenvalue weighted by Crippen LogP contribution is -2.52. The highest BCUT2D eigenvalue weighted by Crippen LogP contribution is 2.36. The van der Waals surface area contributed by atoms with Crippen LogP contribution in [0.5, 0.6) is 0 Å². The van der Waals surface area contributed by atoms with E-state index in [1.807, 2.05) is 45.0 Å². The number of carbonyl (C=O) groups is 2. The third-order valence-electron chi connectivity index (χ3n) is 4.48. The second-order valence-electron chi connectivity index (χ2n) is 7.93. The number of benzene rings is 1. The summed E-state index contributed by atoms with van der Waals surface area (Å²) in [6, 6.07) is 7.27. The van der Waals surface area contributed by atoms with Gasteiger partial charge in [-0.05, 0) is 51.7 Å². The number of nitrogens with one attached hydrogen (secondary N) is 1. The van der Waals surface area contributed by atoms with Gasteiger partial charge in [-0.1, -0.05) is 12.1 Å². The Balaban J connectivity index is 1.83. The minimum absolute atomic E-state index is 0.128. The highest BCUT2D eigenvalue weighted by molar-refractivity contribution is 6.02. The van der Waals surface area contributed by atoms with Crippen LogP contribution in [0.3, 0.4) is 0 Å². The van der Waals surface area contributed by atoms with E-state index in [4.69, 9.17) is 4.74 Å². The van der Waals surface area contributed by atoms with Crippen molar-refractivity contribution in [2.75, 3.05) is 29.9 Å². The Kier molecular flexibility index (Phi) is 4.62. The van der Waals surface area contributed by atoms with Crippen molar-refractivity contribution in [3.05, 3.63) is 24.3 Å². The molecule has 1 aliphatic heterocycles. The average molecular weight is 345 g/mol. The minimum Gasteiger partial charge on any atom is -0.444 e. The number of hydrogen-bond acceptors (Lipinski definition) is 4. The fourth-order valence-electron chi connectivity index (χ4n) is 3.11. The molecule has 3 rings (SSSR count). The molecule has 1 atom stereocenters. The van der Waals surface area contributed by atoms with Crippen LogP contribution in [0.25, 0.3) is 0 Å². The molecule has 0 bridgehead atoms. The zero-order valence-electron chi connectivity index (χ0n) is 15.4. The highest BCUT2D eigenvalue weighted by Gasteiger charge is 2.35. The van der Waals surface area contributed by atoms with E-state index in [0.717, 1.165) is 17.9 Å². The van der Waals surface area contributed by atoms with Gasteiger partial charge in [0.05, 0.1) is 11.4 Å². The maximum absolute atomic E-state index is 12.9. The summed E-state index contributed by atoms with van der Waals surface area (Å²) in [6.07, 6.45) is 1.90. The molecule has 0 aromatic heterocycles. The maximum Gasteiger partial charge on any atom is 0.408 e. The molecule has 1 fully saturated rings. The molecule has 1 N–H and O–H groups in total. The molecule has 136 valence electrons. The van der Waals surface area contributed by atoms with Gasteiger partial charge in [-0.3, -0.25) is 4.79 Å². The van der Waals surface area contributed by atoms with Gasteiger partial charge >= 0.3 is 6.09 Å². The van der Waals surface area contributed by atoms with Crippen LogP contribution in [0, 0.1) is 5.92 Å². The molecule has 25 heavy (non-hydrogen) atoms. The number of alkyl carbamates (subject to hydrolysis) is 1. The third kappa shape index (κ3) is 4.24. The zero-order chi connectivity index (χ0) is 18.2. The van der Waals surface area contributed by atoms with Gasteiger partial charge in [-0.15, -0.1) is 0 Å². The van der Waals surface area contributed by atoms with Crippen LogP contribution in [0.4, 0.5) is 16.2 Å². The SMILES string of the molecule is CN1C(=O)[C@@H](NC(=O)OC(C)(C)C)CN(CC2CC2)c2ccccc21. The van der Waals surface area contributed by atoms with Gasteiger partial charge < -0.3 is 19.9 Å². The van der Waals surface area contributed by atoms with Crippen LogP contribution in [0.2, 0.25) is 0 Å². The number of ether oxygens (including phenoxy) is 1. The van der Waals surface area contributed by atoms with E-state index in [0.29, 0.717) is 12.5 Å². The van der Waals surface area contributed by atoms with Crippen molar-refractivity contribution in [1.82, 2.24) is 5.32 Å². The summed E-state index contributed by atoms with van der Waals surface area (Å²) in [5.41, 5.74) is 1.32. The van der Waals surface area contributed by atoms with Gasteiger partial charge in [0.2, 0.25) is 0 Å². The van der Waals surface area contributed by atoms with Gasteiger partial charge in [0.15, 0.2) is 0 Å². The van der Waals surface area contributed by atoms with Crippen LogP contribution in [-0.4, -0.2) is 43.8 Å². The lowest BCUT2D eigenvalue weighted by Gasteiger charge is -2.27. The molecule has 1 saturated carbocycles. The Bertz CT molecular complexity index is 664. The summed E-state index contributed by atoms with van der Waals surface area (Å²) in [5, 5.41) is 2.76. The summed E-state index contributed by atoms with van der Waals surface area (Å²) >= 11 is 0. The molecule has 0 radical (unpaired) electrons. The summed E-state index contributed by atoms with van der Waals surface area (Å²) in [7, 11) is 1.76. The second kappa shape index (κ2) is 6.58. The quantitative estimate of drug-likeness (QED) is 0.915. The number of fused-ring (bicyclic) bond motifs is 1. The Hall–Kier alpha value is -2.24. The molecule has 1 aromatic rings. The van der Waals surface area contributed by atoms with E-state index in [1.165, 1.54) is 12.8 Å². The van der Waals surface area contributed by atoms with Crippen molar-refractivity contribution in [2.24, 2.45) is 5.92 Å². The summed E-state index contributed by atoms with van der Waals surface area (Å²) in [4.78, 5) is 28.9. The average Bonchev–Trinajstić information content (AvgIpc) is 3.34.